The van der Waals surface area contributed by atoms with Gasteiger partial charge in [-0.1, -0.05) is 0 Å². The maximum Gasteiger partial charge on any atom is 0.185 e. The van der Waals surface area contributed by atoms with Crippen LogP contribution in [0.25, 0.3) is 0 Å². The minimum Gasteiger partial charge on any atom is -0.331 e. The van der Waals surface area contributed by atoms with Gasteiger partial charge in [-0.15, -0.1) is 0 Å². The zero-order valence-corrected chi connectivity index (χ0v) is 6.40. The molecule has 1 aromatic heterocycles. The van der Waals surface area contributed by atoms with Crippen LogP contribution in [0.3, 0.4) is 0 Å². The first kappa shape index (κ1) is 6.54. The summed E-state index contributed by atoms with van der Waals surface area (Å²) in [6.07, 6.45) is 0.678. The van der Waals surface area contributed by atoms with E-state index in [1.807, 2.05) is 7.85 Å². The van der Waals surface area contributed by atoms with E-state index in [4.69, 9.17) is 0 Å². The fraction of sp³-hybridized carbons (Fsp3) is 0. The second kappa shape index (κ2) is 2.35. The number of aromatic nitrogens is 2. The molecule has 46 valence electrons. The third-order valence-corrected chi connectivity index (χ3v) is 1.73. The lowest BCUT2D eigenvalue weighted by molar-refractivity contribution is 0.111. The number of aldehydes is 1. The summed E-state index contributed by atoms with van der Waals surface area (Å²) in [5.74, 6) is 0.361. The molecule has 1 rings (SSSR count). The van der Waals surface area contributed by atoms with Gasteiger partial charge in [0.2, 0.25) is 0 Å². The van der Waals surface area contributed by atoms with Gasteiger partial charge in [-0.25, -0.2) is 4.98 Å². The normalized spacial score (nSPS) is 9.44. The van der Waals surface area contributed by atoms with Gasteiger partial charge < -0.3 is 4.98 Å². The number of hydrogen-bond acceptors (Lipinski definition) is 2. The van der Waals surface area contributed by atoms with E-state index < -0.39 is 0 Å². The molecule has 0 fully saturated rings. The number of H-pyrrole nitrogens is 1. The number of carbonyl (C=O) groups excluding carboxylic acids is 1. The molecule has 0 spiro atoms. The summed E-state index contributed by atoms with van der Waals surface area (Å²) in [5.41, 5.74) is 0.803. The molecule has 1 heterocycles. The molecule has 0 atom stereocenters. The van der Waals surface area contributed by atoms with Gasteiger partial charge in [0, 0.05) is 5.59 Å². The molecular formula is C4H4BBrN2O. The van der Waals surface area contributed by atoms with Crippen LogP contribution < -0.4 is 5.59 Å². The number of carbonyl (C=O) groups is 1. The van der Waals surface area contributed by atoms with Crippen molar-refractivity contribution in [1.29, 1.82) is 0 Å². The van der Waals surface area contributed by atoms with Crippen LogP contribution >= 0.6 is 15.9 Å². The van der Waals surface area contributed by atoms with Gasteiger partial charge in [-0.2, -0.15) is 0 Å². The van der Waals surface area contributed by atoms with Gasteiger partial charge in [0.1, 0.15) is 0 Å². The van der Waals surface area contributed by atoms with E-state index in [0.717, 1.165) is 10.2 Å². The van der Waals surface area contributed by atoms with Crippen molar-refractivity contribution in [3.8, 4) is 0 Å². The van der Waals surface area contributed by atoms with E-state index in [1.54, 1.807) is 0 Å². The molecule has 0 amide bonds. The first-order valence-corrected chi connectivity index (χ1v) is 3.20. The van der Waals surface area contributed by atoms with E-state index in [0.29, 0.717) is 12.1 Å². The van der Waals surface area contributed by atoms with Gasteiger partial charge in [-0.3, -0.25) is 4.79 Å². The summed E-state index contributed by atoms with van der Waals surface area (Å²) in [6.45, 7) is 0. The van der Waals surface area contributed by atoms with Crippen molar-refractivity contribution in [3.05, 3.63) is 10.4 Å². The zero-order chi connectivity index (χ0) is 6.85. The number of nitrogens with zero attached hydrogens (tertiary/aromatic N) is 1. The molecule has 1 aromatic rings. The highest BCUT2D eigenvalue weighted by Crippen LogP contribution is 1.98. The monoisotopic (exact) mass is 186 g/mol. The van der Waals surface area contributed by atoms with Gasteiger partial charge in [0.15, 0.2) is 20.0 Å². The summed E-state index contributed by atoms with van der Waals surface area (Å²) in [4.78, 5) is 16.6. The Balaban J connectivity index is 3.11. The third-order valence-electron chi connectivity index (χ3n) is 0.955. The Hall–Kier alpha value is -0.575. The standard InChI is InChI=1S/C4H4BBrN2O/c5-3-4(6)8-2(1-9)7-3/h1H,5H2,(H,7,8). The maximum absolute atomic E-state index is 10.1. The summed E-state index contributed by atoms with van der Waals surface area (Å²) in [5, 5.41) is 0. The van der Waals surface area contributed by atoms with Crippen LogP contribution in [0, 0.1) is 0 Å². The second-order valence-electron chi connectivity index (χ2n) is 1.64. The van der Waals surface area contributed by atoms with E-state index in [-0.39, 0.29) is 0 Å². The van der Waals surface area contributed by atoms with Gasteiger partial charge in [-0.05, 0) is 15.9 Å². The maximum atomic E-state index is 10.1. The quantitative estimate of drug-likeness (QED) is 0.463. The van der Waals surface area contributed by atoms with Gasteiger partial charge in [0.25, 0.3) is 0 Å². The molecule has 0 aliphatic carbocycles. The van der Waals surface area contributed by atoms with Crippen LogP contribution in [0.4, 0.5) is 0 Å². The average molecular weight is 187 g/mol. The highest BCUT2D eigenvalue weighted by atomic mass is 79.9. The molecule has 0 aliphatic rings. The van der Waals surface area contributed by atoms with Crippen LogP contribution in [-0.2, 0) is 0 Å². The van der Waals surface area contributed by atoms with E-state index in [2.05, 4.69) is 25.9 Å². The van der Waals surface area contributed by atoms with E-state index in [1.165, 1.54) is 0 Å². The summed E-state index contributed by atoms with van der Waals surface area (Å²) in [7, 11) is 1.81. The molecule has 9 heavy (non-hydrogen) atoms. The number of aromatic amines is 1. The molecule has 3 nitrogen and oxygen atoms in total. The van der Waals surface area contributed by atoms with Crippen molar-refractivity contribution in [3.63, 3.8) is 0 Å². The Labute approximate surface area is 61.4 Å². The molecule has 0 aromatic carbocycles. The SMILES string of the molecule is Bc1nc(C=O)[nH]c1Br. The van der Waals surface area contributed by atoms with Crippen molar-refractivity contribution in [2.24, 2.45) is 0 Å². The number of imidazole rings is 1. The molecule has 0 aliphatic heterocycles. The molecule has 0 unspecified atom stereocenters. The van der Waals surface area contributed by atoms with Crippen molar-refractivity contribution in [2.45, 2.75) is 0 Å². The highest BCUT2D eigenvalue weighted by molar-refractivity contribution is 9.10. The molecule has 0 radical (unpaired) electrons. The predicted octanol–water partition coefficient (Wildman–Crippen LogP) is -0.757. The average Bonchev–Trinajstić information content (AvgIpc) is 2.13. The summed E-state index contributed by atoms with van der Waals surface area (Å²) in [6, 6.07) is 0. The minimum atomic E-state index is 0.361. The number of halogens is 1. The third kappa shape index (κ3) is 1.21. The number of rotatable bonds is 1. The first-order chi connectivity index (χ1) is 4.24. The lowest BCUT2D eigenvalue weighted by Gasteiger charge is -1.76. The predicted molar refractivity (Wildman–Crippen MR) is 39.9 cm³/mol. The van der Waals surface area contributed by atoms with Crippen LogP contribution in [-0.4, -0.2) is 24.1 Å². The van der Waals surface area contributed by atoms with Crippen molar-refractivity contribution >= 4 is 35.7 Å². The summed E-state index contributed by atoms with van der Waals surface area (Å²) < 4.78 is 0.768. The highest BCUT2D eigenvalue weighted by Gasteiger charge is 1.99. The van der Waals surface area contributed by atoms with E-state index in [9.17, 15) is 4.79 Å². The minimum absolute atomic E-state index is 0.361. The molecule has 0 bridgehead atoms. The Morgan fingerprint density at radius 1 is 1.78 bits per heavy atom. The first-order valence-electron chi connectivity index (χ1n) is 2.41. The lowest BCUT2D eigenvalue weighted by atomic mass is 10.1. The van der Waals surface area contributed by atoms with Crippen molar-refractivity contribution in [2.75, 3.05) is 0 Å². The van der Waals surface area contributed by atoms with Crippen molar-refractivity contribution < 1.29 is 4.79 Å². The van der Waals surface area contributed by atoms with Gasteiger partial charge in [0.05, 0.1) is 4.60 Å². The fourth-order valence-corrected chi connectivity index (χ4v) is 0.808. The topological polar surface area (TPSA) is 45.8 Å². The molecule has 1 N–H and O–H groups in total. The Morgan fingerprint density at radius 3 is 2.67 bits per heavy atom. The molecule has 5 heteroatoms. The Bertz CT molecular complexity index is 215. The Morgan fingerprint density at radius 2 is 2.44 bits per heavy atom. The fourth-order valence-electron chi connectivity index (χ4n) is 0.516. The molecule has 0 saturated carbocycles. The summed E-state index contributed by atoms with van der Waals surface area (Å²) >= 11 is 3.18. The number of nitrogens with one attached hydrogen (secondary N) is 1. The Kier molecular flexibility index (Phi) is 1.71. The van der Waals surface area contributed by atoms with Crippen LogP contribution in [0.1, 0.15) is 10.6 Å². The molecular weight excluding hydrogens is 183 g/mol. The number of hydrogen-bond donors (Lipinski definition) is 1. The van der Waals surface area contributed by atoms with Crippen LogP contribution in [0.15, 0.2) is 4.60 Å². The zero-order valence-electron chi connectivity index (χ0n) is 4.81. The van der Waals surface area contributed by atoms with Crippen LogP contribution in [0.5, 0.6) is 0 Å². The van der Waals surface area contributed by atoms with Crippen molar-refractivity contribution in [1.82, 2.24) is 9.97 Å². The second-order valence-corrected chi connectivity index (χ2v) is 2.43. The van der Waals surface area contributed by atoms with Gasteiger partial charge >= 0.3 is 0 Å². The largest absolute Gasteiger partial charge is 0.331 e. The smallest absolute Gasteiger partial charge is 0.185 e. The van der Waals surface area contributed by atoms with Crippen LogP contribution in [0.2, 0.25) is 0 Å². The molecule has 0 saturated heterocycles. The lowest BCUT2D eigenvalue weighted by Crippen LogP contribution is -2.03. The van der Waals surface area contributed by atoms with E-state index >= 15 is 0 Å².